The van der Waals surface area contributed by atoms with Crippen LogP contribution < -0.4 is 10.8 Å². The van der Waals surface area contributed by atoms with E-state index in [9.17, 15) is 14.7 Å². The first-order valence-electron chi connectivity index (χ1n) is 15.6. The molecule has 0 aromatic carbocycles. The fourth-order valence-corrected chi connectivity index (χ4v) is 7.56. The number of nitrogens with one attached hydrogen (secondary N) is 2. The smallest absolute Gasteiger partial charge is 0.307 e. The van der Waals surface area contributed by atoms with Crippen molar-refractivity contribution in [2.75, 3.05) is 13.2 Å². The van der Waals surface area contributed by atoms with Crippen LogP contribution in [0.3, 0.4) is 0 Å². The molecule has 4 N–H and O–H groups in total. The summed E-state index contributed by atoms with van der Waals surface area (Å²) in [6.07, 6.45) is 13.9. The Bertz CT molecular complexity index is 766. The van der Waals surface area contributed by atoms with E-state index in [2.05, 4.69) is 29.5 Å². The van der Waals surface area contributed by atoms with Gasteiger partial charge in [0.25, 0.3) is 0 Å². The lowest BCUT2D eigenvalue weighted by molar-refractivity contribution is -0.257. The van der Waals surface area contributed by atoms with Gasteiger partial charge < -0.3 is 20.0 Å². The van der Waals surface area contributed by atoms with Gasteiger partial charge in [0.05, 0.1) is 37.3 Å². The summed E-state index contributed by atoms with van der Waals surface area (Å²) in [5.74, 6) is -0.0442. The van der Waals surface area contributed by atoms with Crippen LogP contribution in [0.15, 0.2) is 0 Å². The van der Waals surface area contributed by atoms with Crippen molar-refractivity contribution in [2.24, 2.45) is 35.5 Å². The lowest BCUT2D eigenvalue weighted by Crippen LogP contribution is -2.46. The number of carboxylic acids is 1. The monoisotopic (exact) mass is 552 g/mol. The summed E-state index contributed by atoms with van der Waals surface area (Å²) in [4.78, 5) is 35.0. The Hall–Kier alpha value is -1.26. The molecular weight excluding hydrogens is 500 g/mol. The number of hydrogen-bond donors (Lipinski definition) is 4. The second kappa shape index (κ2) is 15.1. The Morgan fingerprint density at radius 1 is 0.718 bits per heavy atom. The molecule has 6 atom stereocenters. The molecular formula is C30H52N2O7. The summed E-state index contributed by atoms with van der Waals surface area (Å²) in [6, 6.07) is 0.474. The van der Waals surface area contributed by atoms with Crippen molar-refractivity contribution < 1.29 is 34.4 Å². The van der Waals surface area contributed by atoms with E-state index in [-0.39, 0.29) is 24.2 Å². The van der Waals surface area contributed by atoms with Gasteiger partial charge in [0, 0.05) is 12.1 Å². The summed E-state index contributed by atoms with van der Waals surface area (Å²) < 4.78 is 6.46. The van der Waals surface area contributed by atoms with Crippen LogP contribution in [0, 0.1) is 35.5 Å². The fourth-order valence-electron chi connectivity index (χ4n) is 7.56. The molecule has 4 aliphatic rings. The molecule has 0 aromatic heterocycles. The molecule has 1 amide bonds. The lowest BCUT2D eigenvalue weighted by atomic mass is 9.74. The van der Waals surface area contributed by atoms with Crippen molar-refractivity contribution in [3.63, 3.8) is 0 Å². The standard InChI is InChI=1S/C30H52N2O7/c1-19-3-5-21(22(15-19)18-38-36)17-37-32-24-8-12-26(13-9-24)39-25-10-6-23(7-11-25)31-29(33)27-14-4-20(2)16-28(27)30(34)35/h19-28,32,36H,3-18H2,1-2H3,(H,31,33)(H,34,35). The van der Waals surface area contributed by atoms with E-state index >= 15 is 0 Å². The van der Waals surface area contributed by atoms with Gasteiger partial charge >= 0.3 is 5.97 Å². The Kier molecular flexibility index (Phi) is 11.9. The molecule has 0 bridgehead atoms. The van der Waals surface area contributed by atoms with E-state index in [1.54, 1.807) is 0 Å². The molecule has 4 saturated carbocycles. The van der Waals surface area contributed by atoms with Gasteiger partial charge in [0.2, 0.25) is 5.91 Å². The first-order chi connectivity index (χ1) is 18.8. The van der Waals surface area contributed by atoms with Crippen molar-refractivity contribution in [3.8, 4) is 0 Å². The Labute approximate surface area is 234 Å². The van der Waals surface area contributed by atoms with Crippen LogP contribution in [-0.4, -0.2) is 59.7 Å². The SMILES string of the molecule is CC1CCC(CONC2CCC(OC3CCC(NC(=O)C4CCC(C)CC4C(=O)O)CC3)CC2)C(COO)C1. The van der Waals surface area contributed by atoms with Gasteiger partial charge in [-0.15, -0.1) is 0 Å². The molecule has 4 aliphatic carbocycles. The van der Waals surface area contributed by atoms with Gasteiger partial charge in [-0.1, -0.05) is 20.3 Å². The van der Waals surface area contributed by atoms with Gasteiger partial charge in [-0.05, 0) is 107 Å². The fraction of sp³-hybridized carbons (Fsp3) is 0.933. The molecule has 224 valence electrons. The normalized spacial score (nSPS) is 39.7. The number of amides is 1. The molecule has 0 spiro atoms. The zero-order valence-corrected chi connectivity index (χ0v) is 24.0. The number of hydroxylamine groups is 1. The number of hydrogen-bond acceptors (Lipinski definition) is 7. The lowest BCUT2D eigenvalue weighted by Gasteiger charge is -2.36. The first kappa shape index (κ1) is 30.7. The Balaban J connectivity index is 1.09. The third-order valence-corrected chi connectivity index (χ3v) is 10.1. The molecule has 0 aliphatic heterocycles. The summed E-state index contributed by atoms with van der Waals surface area (Å²) >= 11 is 0. The minimum atomic E-state index is -0.837. The zero-order valence-electron chi connectivity index (χ0n) is 24.0. The summed E-state index contributed by atoms with van der Waals surface area (Å²) in [7, 11) is 0. The van der Waals surface area contributed by atoms with E-state index in [4.69, 9.17) is 14.8 Å². The highest BCUT2D eigenvalue weighted by Gasteiger charge is 2.39. The molecule has 39 heavy (non-hydrogen) atoms. The van der Waals surface area contributed by atoms with Crippen LogP contribution in [-0.2, 0) is 24.1 Å². The van der Waals surface area contributed by atoms with Crippen LogP contribution in [0.4, 0.5) is 0 Å². The van der Waals surface area contributed by atoms with Crippen molar-refractivity contribution >= 4 is 11.9 Å². The molecule has 0 radical (unpaired) electrons. The van der Waals surface area contributed by atoms with Gasteiger partial charge in [-0.2, -0.15) is 5.48 Å². The highest BCUT2D eigenvalue weighted by atomic mass is 17.1. The maximum absolute atomic E-state index is 12.9. The minimum absolute atomic E-state index is 0.0676. The topological polar surface area (TPSA) is 126 Å². The number of rotatable bonds is 11. The van der Waals surface area contributed by atoms with E-state index in [0.717, 1.165) is 70.6 Å². The zero-order chi connectivity index (χ0) is 27.8. The summed E-state index contributed by atoms with van der Waals surface area (Å²) in [5.41, 5.74) is 3.29. The van der Waals surface area contributed by atoms with Crippen LogP contribution in [0.25, 0.3) is 0 Å². The van der Waals surface area contributed by atoms with Crippen molar-refractivity contribution in [3.05, 3.63) is 0 Å². The highest BCUT2D eigenvalue weighted by Crippen LogP contribution is 2.36. The van der Waals surface area contributed by atoms with Gasteiger partial charge in [0.15, 0.2) is 0 Å². The van der Waals surface area contributed by atoms with Gasteiger partial charge in [-0.25, -0.2) is 4.89 Å². The first-order valence-corrected chi connectivity index (χ1v) is 15.6. The van der Waals surface area contributed by atoms with Crippen LogP contribution in [0.5, 0.6) is 0 Å². The number of carbonyl (C=O) groups excluding carboxylic acids is 1. The summed E-state index contributed by atoms with van der Waals surface area (Å²) in [5, 5.41) is 21.7. The van der Waals surface area contributed by atoms with Crippen LogP contribution >= 0.6 is 0 Å². The van der Waals surface area contributed by atoms with Crippen LogP contribution in [0.1, 0.15) is 104 Å². The Morgan fingerprint density at radius 3 is 1.97 bits per heavy atom. The molecule has 6 unspecified atom stereocenters. The number of ether oxygens (including phenoxy) is 1. The average Bonchev–Trinajstić information content (AvgIpc) is 2.92. The molecule has 4 rings (SSSR count). The molecule has 0 saturated heterocycles. The maximum Gasteiger partial charge on any atom is 0.307 e. The third kappa shape index (κ3) is 9.12. The van der Waals surface area contributed by atoms with Gasteiger partial charge in [0.1, 0.15) is 0 Å². The second-order valence-corrected chi connectivity index (χ2v) is 13.2. The van der Waals surface area contributed by atoms with E-state index in [1.807, 2.05) is 0 Å². The van der Waals surface area contributed by atoms with Crippen LogP contribution in [0.2, 0.25) is 0 Å². The number of carbonyl (C=O) groups is 2. The van der Waals surface area contributed by atoms with E-state index in [0.29, 0.717) is 55.8 Å². The van der Waals surface area contributed by atoms with E-state index < -0.39 is 17.8 Å². The quantitative estimate of drug-likeness (QED) is 0.210. The average molecular weight is 553 g/mol. The molecule has 4 fully saturated rings. The Morgan fingerprint density at radius 2 is 1.33 bits per heavy atom. The number of carboxylic acid groups (broad SMARTS) is 1. The molecule has 0 heterocycles. The maximum atomic E-state index is 12.9. The predicted molar refractivity (Wildman–Crippen MR) is 147 cm³/mol. The van der Waals surface area contributed by atoms with Crippen molar-refractivity contribution in [1.29, 1.82) is 0 Å². The third-order valence-electron chi connectivity index (χ3n) is 10.1. The predicted octanol–water partition coefficient (Wildman–Crippen LogP) is 4.94. The van der Waals surface area contributed by atoms with Gasteiger partial charge in [-0.3, -0.25) is 14.8 Å². The molecule has 0 aromatic rings. The minimum Gasteiger partial charge on any atom is -0.481 e. The van der Waals surface area contributed by atoms with Crippen molar-refractivity contribution in [1.82, 2.24) is 10.8 Å². The second-order valence-electron chi connectivity index (χ2n) is 13.2. The highest BCUT2D eigenvalue weighted by molar-refractivity contribution is 5.85. The number of aliphatic carboxylic acids is 1. The van der Waals surface area contributed by atoms with Crippen molar-refractivity contribution in [2.45, 2.75) is 128 Å². The molecule has 9 heteroatoms. The van der Waals surface area contributed by atoms with E-state index in [1.165, 1.54) is 6.42 Å². The molecule has 9 nitrogen and oxygen atoms in total. The summed E-state index contributed by atoms with van der Waals surface area (Å²) in [6.45, 7) is 5.39. The largest absolute Gasteiger partial charge is 0.481 e.